The molecule has 0 fully saturated rings. The maximum absolute atomic E-state index is 11.8. The average molecular weight is 293 g/mol. The molecule has 116 valence electrons. The van der Waals surface area contributed by atoms with Crippen LogP contribution < -0.4 is 5.32 Å². The molecule has 0 aliphatic carbocycles. The molecule has 0 spiro atoms. The predicted octanol–water partition coefficient (Wildman–Crippen LogP) is 2.91. The molecule has 0 saturated carbocycles. The number of carboxylic acids is 1. The van der Waals surface area contributed by atoms with E-state index in [-0.39, 0.29) is 6.42 Å². The number of rotatable bonds is 5. The summed E-state index contributed by atoms with van der Waals surface area (Å²) in [4.78, 5) is 22.7. The van der Waals surface area contributed by atoms with E-state index in [1.165, 1.54) is 0 Å². The number of carbonyl (C=O) groups is 2. The van der Waals surface area contributed by atoms with Crippen molar-refractivity contribution in [1.29, 1.82) is 0 Å². The van der Waals surface area contributed by atoms with Gasteiger partial charge in [-0.25, -0.2) is 4.79 Å². The fourth-order valence-electron chi connectivity index (χ4n) is 1.98. The Hall–Kier alpha value is -2.04. The number of aryl methyl sites for hydroxylation is 1. The number of benzene rings is 1. The van der Waals surface area contributed by atoms with Gasteiger partial charge in [0, 0.05) is 6.04 Å². The highest BCUT2D eigenvalue weighted by Gasteiger charge is 2.21. The van der Waals surface area contributed by atoms with E-state index in [4.69, 9.17) is 9.84 Å². The summed E-state index contributed by atoms with van der Waals surface area (Å²) in [5.74, 6) is -0.955. The average Bonchev–Trinajstić information content (AvgIpc) is 2.24. The van der Waals surface area contributed by atoms with Crippen LogP contribution in [0.3, 0.4) is 0 Å². The van der Waals surface area contributed by atoms with Gasteiger partial charge in [0.25, 0.3) is 0 Å². The number of aliphatic carboxylic acids is 1. The summed E-state index contributed by atoms with van der Waals surface area (Å²) >= 11 is 0. The van der Waals surface area contributed by atoms with Crippen molar-refractivity contribution in [2.24, 2.45) is 0 Å². The zero-order valence-electron chi connectivity index (χ0n) is 13.0. The SMILES string of the molecule is Cc1cccc(C[C@H](CC(=O)O)NC(=O)OC(C)(C)C)c1. The minimum Gasteiger partial charge on any atom is -0.481 e. The van der Waals surface area contributed by atoms with E-state index in [0.717, 1.165) is 11.1 Å². The number of ether oxygens (including phenoxy) is 1. The number of hydrogen-bond acceptors (Lipinski definition) is 3. The lowest BCUT2D eigenvalue weighted by atomic mass is 10.0. The molecular weight excluding hydrogens is 270 g/mol. The highest BCUT2D eigenvalue weighted by Crippen LogP contribution is 2.11. The standard InChI is InChI=1S/C16H23NO4/c1-11-6-5-7-12(8-11)9-13(10-14(18)19)17-15(20)21-16(2,3)4/h5-8,13H,9-10H2,1-4H3,(H,17,20)(H,18,19)/t13-/m1/s1. The Morgan fingerprint density at radius 2 is 2.00 bits per heavy atom. The van der Waals surface area contributed by atoms with Crippen molar-refractivity contribution in [3.05, 3.63) is 35.4 Å². The molecule has 0 bridgehead atoms. The van der Waals surface area contributed by atoms with Gasteiger partial charge in [-0.3, -0.25) is 4.79 Å². The van der Waals surface area contributed by atoms with Crippen LogP contribution in [0.1, 0.15) is 38.3 Å². The molecular formula is C16H23NO4. The number of alkyl carbamates (subject to hydrolysis) is 1. The van der Waals surface area contributed by atoms with Crippen LogP contribution in [-0.4, -0.2) is 28.8 Å². The molecule has 21 heavy (non-hydrogen) atoms. The third-order valence-electron chi connectivity index (χ3n) is 2.71. The Morgan fingerprint density at radius 1 is 1.33 bits per heavy atom. The lowest BCUT2D eigenvalue weighted by Gasteiger charge is -2.23. The van der Waals surface area contributed by atoms with Crippen molar-refractivity contribution in [2.45, 2.75) is 52.2 Å². The van der Waals surface area contributed by atoms with Crippen LogP contribution in [0.15, 0.2) is 24.3 Å². The van der Waals surface area contributed by atoms with Crippen molar-refractivity contribution in [3.63, 3.8) is 0 Å². The van der Waals surface area contributed by atoms with Gasteiger partial charge >= 0.3 is 12.1 Å². The second-order valence-corrected chi connectivity index (χ2v) is 6.13. The summed E-state index contributed by atoms with van der Waals surface area (Å²) in [6.45, 7) is 7.26. The maximum atomic E-state index is 11.8. The normalized spacial score (nSPS) is 12.6. The zero-order valence-corrected chi connectivity index (χ0v) is 13.0. The van der Waals surface area contributed by atoms with Crippen LogP contribution in [0.2, 0.25) is 0 Å². The Morgan fingerprint density at radius 3 is 2.52 bits per heavy atom. The third kappa shape index (κ3) is 7.34. The van der Waals surface area contributed by atoms with Crippen LogP contribution in [-0.2, 0) is 16.0 Å². The Labute approximate surface area is 125 Å². The molecule has 1 aromatic carbocycles. The van der Waals surface area contributed by atoms with Gasteiger partial charge in [-0.1, -0.05) is 29.8 Å². The topological polar surface area (TPSA) is 75.6 Å². The van der Waals surface area contributed by atoms with Crippen LogP contribution in [0.4, 0.5) is 4.79 Å². The quantitative estimate of drug-likeness (QED) is 0.875. The molecule has 5 heteroatoms. The van der Waals surface area contributed by atoms with Crippen molar-refractivity contribution >= 4 is 12.1 Å². The second kappa shape index (κ2) is 7.11. The van der Waals surface area contributed by atoms with Gasteiger partial charge in [0.2, 0.25) is 0 Å². The monoisotopic (exact) mass is 293 g/mol. The Bertz CT molecular complexity index is 505. The van der Waals surface area contributed by atoms with Gasteiger partial charge in [0.1, 0.15) is 5.60 Å². The van der Waals surface area contributed by atoms with Gasteiger partial charge in [-0.05, 0) is 39.7 Å². The van der Waals surface area contributed by atoms with E-state index in [9.17, 15) is 9.59 Å². The first-order valence-corrected chi connectivity index (χ1v) is 6.92. The fraction of sp³-hybridized carbons (Fsp3) is 0.500. The molecule has 1 aromatic rings. The molecule has 2 N–H and O–H groups in total. The Kier molecular flexibility index (Phi) is 5.76. The highest BCUT2D eigenvalue weighted by atomic mass is 16.6. The van der Waals surface area contributed by atoms with Crippen molar-refractivity contribution in [3.8, 4) is 0 Å². The number of hydrogen-bond donors (Lipinski definition) is 2. The second-order valence-electron chi connectivity index (χ2n) is 6.13. The first-order chi connectivity index (χ1) is 9.65. The first-order valence-electron chi connectivity index (χ1n) is 6.92. The number of carboxylic acid groups (broad SMARTS) is 1. The smallest absolute Gasteiger partial charge is 0.407 e. The van der Waals surface area contributed by atoms with E-state index in [2.05, 4.69) is 5.32 Å². The third-order valence-corrected chi connectivity index (χ3v) is 2.71. The van der Waals surface area contributed by atoms with Crippen LogP contribution in [0.5, 0.6) is 0 Å². The molecule has 1 atom stereocenters. The van der Waals surface area contributed by atoms with Gasteiger partial charge in [-0.2, -0.15) is 0 Å². The largest absolute Gasteiger partial charge is 0.481 e. The van der Waals surface area contributed by atoms with Gasteiger partial charge < -0.3 is 15.2 Å². The molecule has 0 aliphatic rings. The summed E-state index contributed by atoms with van der Waals surface area (Å²) in [6, 6.07) is 7.27. The number of carbonyl (C=O) groups excluding carboxylic acids is 1. The molecule has 0 unspecified atom stereocenters. The number of nitrogens with one attached hydrogen (secondary N) is 1. The minimum absolute atomic E-state index is 0.146. The molecule has 0 aromatic heterocycles. The van der Waals surface area contributed by atoms with Crippen molar-refractivity contribution in [1.82, 2.24) is 5.32 Å². The summed E-state index contributed by atoms with van der Waals surface area (Å²) in [7, 11) is 0. The van der Waals surface area contributed by atoms with E-state index in [1.54, 1.807) is 20.8 Å². The Balaban J connectivity index is 2.72. The summed E-state index contributed by atoms with van der Waals surface area (Å²) in [5, 5.41) is 11.6. The zero-order chi connectivity index (χ0) is 16.0. The maximum Gasteiger partial charge on any atom is 0.407 e. The highest BCUT2D eigenvalue weighted by molar-refractivity contribution is 5.71. The van der Waals surface area contributed by atoms with E-state index in [1.807, 2.05) is 31.2 Å². The molecule has 1 rings (SSSR count). The van der Waals surface area contributed by atoms with Crippen LogP contribution >= 0.6 is 0 Å². The lowest BCUT2D eigenvalue weighted by Crippen LogP contribution is -2.41. The lowest BCUT2D eigenvalue weighted by molar-refractivity contribution is -0.137. The summed E-state index contributed by atoms with van der Waals surface area (Å²) in [5.41, 5.74) is 1.47. The van der Waals surface area contributed by atoms with Gasteiger partial charge in [0.15, 0.2) is 0 Å². The molecule has 0 aliphatic heterocycles. The molecule has 1 amide bonds. The number of amides is 1. The molecule has 0 radical (unpaired) electrons. The fourth-order valence-corrected chi connectivity index (χ4v) is 1.98. The van der Waals surface area contributed by atoms with E-state index >= 15 is 0 Å². The molecule has 0 heterocycles. The van der Waals surface area contributed by atoms with Crippen molar-refractivity contribution in [2.75, 3.05) is 0 Å². The van der Waals surface area contributed by atoms with Crippen molar-refractivity contribution < 1.29 is 19.4 Å². The summed E-state index contributed by atoms with van der Waals surface area (Å²) in [6.07, 6.45) is -0.290. The van der Waals surface area contributed by atoms with E-state index < -0.39 is 23.7 Å². The van der Waals surface area contributed by atoms with Crippen LogP contribution in [0.25, 0.3) is 0 Å². The van der Waals surface area contributed by atoms with Gasteiger partial charge in [0.05, 0.1) is 6.42 Å². The molecule has 5 nitrogen and oxygen atoms in total. The predicted molar refractivity (Wildman–Crippen MR) is 80.3 cm³/mol. The molecule has 0 saturated heterocycles. The summed E-state index contributed by atoms with van der Waals surface area (Å²) < 4.78 is 5.17. The van der Waals surface area contributed by atoms with Gasteiger partial charge in [-0.15, -0.1) is 0 Å². The van der Waals surface area contributed by atoms with E-state index in [0.29, 0.717) is 6.42 Å². The minimum atomic E-state index is -0.955. The first kappa shape index (κ1) is 17.0. The van der Waals surface area contributed by atoms with Crippen LogP contribution in [0, 0.1) is 6.92 Å².